The van der Waals surface area contributed by atoms with Gasteiger partial charge in [-0.1, -0.05) is 65.5 Å². The third kappa shape index (κ3) is 8.10. The zero-order chi connectivity index (χ0) is 31.2. The highest BCUT2D eigenvalue weighted by atomic mass is 35.5. The SMILES string of the molecule is CC[C@H](C)NC(=O)[C@H](C)N(Cc1ccc(Cl)c(Cl)c1)C(=O)CN(c1cc(Cl)ccc1OC)S(=O)(=O)c1ccc(C)cc1. The molecule has 0 bridgehead atoms. The number of ether oxygens (including phenoxy) is 1. The highest BCUT2D eigenvalue weighted by molar-refractivity contribution is 7.92. The van der Waals surface area contributed by atoms with Crippen molar-refractivity contribution in [2.75, 3.05) is 18.0 Å². The molecule has 1 N–H and O–H groups in total. The summed E-state index contributed by atoms with van der Waals surface area (Å²) < 4.78 is 34.5. The summed E-state index contributed by atoms with van der Waals surface area (Å²) >= 11 is 18.6. The first-order valence-electron chi connectivity index (χ1n) is 13.2. The maximum Gasteiger partial charge on any atom is 0.264 e. The van der Waals surface area contributed by atoms with Crippen molar-refractivity contribution in [3.05, 3.63) is 86.9 Å². The van der Waals surface area contributed by atoms with Gasteiger partial charge in [0, 0.05) is 17.6 Å². The van der Waals surface area contributed by atoms with Gasteiger partial charge in [-0.2, -0.15) is 0 Å². The quantitative estimate of drug-likeness (QED) is 0.241. The molecule has 0 aromatic heterocycles. The van der Waals surface area contributed by atoms with Crippen LogP contribution in [-0.2, 0) is 26.2 Å². The molecule has 0 spiro atoms. The summed E-state index contributed by atoms with van der Waals surface area (Å²) in [6.45, 7) is 6.54. The largest absolute Gasteiger partial charge is 0.495 e. The van der Waals surface area contributed by atoms with Crippen molar-refractivity contribution in [3.8, 4) is 5.75 Å². The van der Waals surface area contributed by atoms with Crippen molar-refractivity contribution < 1.29 is 22.7 Å². The van der Waals surface area contributed by atoms with E-state index in [0.29, 0.717) is 17.0 Å². The fourth-order valence-electron chi connectivity index (χ4n) is 4.09. The van der Waals surface area contributed by atoms with E-state index in [0.717, 1.165) is 9.87 Å². The summed E-state index contributed by atoms with van der Waals surface area (Å²) in [5.74, 6) is -0.821. The van der Waals surface area contributed by atoms with E-state index in [2.05, 4.69) is 5.32 Å². The van der Waals surface area contributed by atoms with E-state index in [1.807, 2.05) is 20.8 Å². The summed E-state index contributed by atoms with van der Waals surface area (Å²) in [6.07, 6.45) is 0.691. The number of anilines is 1. The molecule has 0 saturated heterocycles. The minimum absolute atomic E-state index is 0.0264. The molecule has 0 radical (unpaired) electrons. The van der Waals surface area contributed by atoms with Crippen LogP contribution in [0, 0.1) is 6.92 Å². The third-order valence-corrected chi connectivity index (χ3v) is 9.55. The Morgan fingerprint density at radius 1 is 0.952 bits per heavy atom. The molecular weight excluding hydrogens is 621 g/mol. The summed E-state index contributed by atoms with van der Waals surface area (Å²) in [5.41, 5.74) is 1.55. The Morgan fingerprint density at radius 2 is 1.62 bits per heavy atom. The van der Waals surface area contributed by atoms with Gasteiger partial charge in [0.2, 0.25) is 11.8 Å². The average molecular weight is 655 g/mol. The third-order valence-electron chi connectivity index (χ3n) is 6.80. The van der Waals surface area contributed by atoms with Crippen molar-refractivity contribution >= 4 is 62.3 Å². The van der Waals surface area contributed by atoms with Gasteiger partial charge >= 0.3 is 0 Å². The van der Waals surface area contributed by atoms with Crippen molar-refractivity contribution in [2.45, 2.75) is 57.6 Å². The van der Waals surface area contributed by atoms with E-state index in [-0.39, 0.29) is 44.9 Å². The Kier molecular flexibility index (Phi) is 11.5. The number of hydrogen-bond acceptors (Lipinski definition) is 5. The monoisotopic (exact) mass is 653 g/mol. The number of amides is 2. The topological polar surface area (TPSA) is 96.0 Å². The number of sulfonamides is 1. The van der Waals surface area contributed by atoms with Gasteiger partial charge in [0.1, 0.15) is 18.3 Å². The van der Waals surface area contributed by atoms with Gasteiger partial charge in [-0.3, -0.25) is 13.9 Å². The van der Waals surface area contributed by atoms with E-state index in [4.69, 9.17) is 39.5 Å². The molecule has 0 unspecified atom stereocenters. The van der Waals surface area contributed by atoms with Gasteiger partial charge in [-0.05, 0) is 75.2 Å². The Labute approximate surface area is 262 Å². The lowest BCUT2D eigenvalue weighted by Gasteiger charge is -2.33. The van der Waals surface area contributed by atoms with Gasteiger partial charge in [-0.25, -0.2) is 8.42 Å². The zero-order valence-electron chi connectivity index (χ0n) is 24.0. The maximum absolute atomic E-state index is 14.1. The molecule has 2 atom stereocenters. The predicted octanol–water partition coefficient (Wildman–Crippen LogP) is 6.49. The van der Waals surface area contributed by atoms with Crippen molar-refractivity contribution in [2.24, 2.45) is 0 Å². The summed E-state index contributed by atoms with van der Waals surface area (Å²) in [4.78, 5) is 28.6. The molecule has 3 rings (SSSR count). The number of carbonyl (C=O) groups excluding carboxylic acids is 2. The second kappa shape index (κ2) is 14.5. The average Bonchev–Trinajstić information content (AvgIpc) is 2.95. The lowest BCUT2D eigenvalue weighted by molar-refractivity contribution is -0.139. The fraction of sp³-hybridized carbons (Fsp3) is 0.333. The summed E-state index contributed by atoms with van der Waals surface area (Å²) in [7, 11) is -2.90. The molecule has 0 heterocycles. The number of rotatable bonds is 12. The van der Waals surface area contributed by atoms with Crippen LogP contribution in [0.4, 0.5) is 5.69 Å². The van der Waals surface area contributed by atoms with Crippen LogP contribution in [0.15, 0.2) is 65.6 Å². The number of methoxy groups -OCH3 is 1. The maximum atomic E-state index is 14.1. The molecule has 226 valence electrons. The smallest absolute Gasteiger partial charge is 0.264 e. The number of nitrogens with one attached hydrogen (secondary N) is 1. The van der Waals surface area contributed by atoms with E-state index >= 15 is 0 Å². The van der Waals surface area contributed by atoms with E-state index in [1.165, 1.54) is 36.3 Å². The lowest BCUT2D eigenvalue weighted by atomic mass is 10.1. The number of hydrogen-bond donors (Lipinski definition) is 1. The van der Waals surface area contributed by atoms with Crippen LogP contribution < -0.4 is 14.4 Å². The Hall–Kier alpha value is -2.98. The second-order valence-electron chi connectivity index (χ2n) is 9.90. The van der Waals surface area contributed by atoms with Gasteiger partial charge in [0.25, 0.3) is 10.0 Å². The number of nitrogens with zero attached hydrogens (tertiary/aromatic N) is 2. The molecular formula is C30H34Cl3N3O5S. The molecule has 0 aliphatic heterocycles. The standard InChI is InChI=1S/C30H34Cl3N3O5S/c1-6-20(3)34-30(38)21(4)35(17-22-9-13-25(32)26(33)15-22)29(37)18-36(27-16-23(31)10-14-28(27)41-5)42(39,40)24-11-7-19(2)8-12-24/h7-16,20-21H,6,17-18H2,1-5H3,(H,34,38)/t20-,21-/m0/s1. The Morgan fingerprint density at radius 3 is 2.21 bits per heavy atom. The zero-order valence-corrected chi connectivity index (χ0v) is 27.1. The molecule has 0 saturated carbocycles. The van der Waals surface area contributed by atoms with Gasteiger partial charge < -0.3 is 15.0 Å². The van der Waals surface area contributed by atoms with E-state index in [9.17, 15) is 18.0 Å². The minimum Gasteiger partial charge on any atom is -0.495 e. The van der Waals surface area contributed by atoms with Crippen LogP contribution in [0.3, 0.4) is 0 Å². The van der Waals surface area contributed by atoms with Gasteiger partial charge in [0.05, 0.1) is 27.7 Å². The number of aryl methyl sites for hydroxylation is 1. The normalized spacial score (nSPS) is 12.8. The molecule has 2 amide bonds. The van der Waals surface area contributed by atoms with Gasteiger partial charge in [-0.15, -0.1) is 0 Å². The summed E-state index contributed by atoms with van der Waals surface area (Å²) in [6, 6.07) is 14.6. The summed E-state index contributed by atoms with van der Waals surface area (Å²) in [5, 5.41) is 3.76. The van der Waals surface area contributed by atoms with Crippen LogP contribution in [-0.4, -0.2) is 50.9 Å². The number of benzene rings is 3. The van der Waals surface area contributed by atoms with Crippen molar-refractivity contribution in [1.82, 2.24) is 10.2 Å². The molecule has 0 aliphatic rings. The predicted molar refractivity (Wildman–Crippen MR) is 168 cm³/mol. The van der Waals surface area contributed by atoms with E-state index in [1.54, 1.807) is 43.3 Å². The van der Waals surface area contributed by atoms with Gasteiger partial charge in [0.15, 0.2) is 0 Å². The first-order valence-corrected chi connectivity index (χ1v) is 15.8. The minimum atomic E-state index is -4.29. The Bertz CT molecular complexity index is 1530. The van der Waals surface area contributed by atoms with Crippen LogP contribution in [0.25, 0.3) is 0 Å². The highest BCUT2D eigenvalue weighted by Crippen LogP contribution is 2.35. The number of carbonyl (C=O) groups is 2. The van der Waals surface area contributed by atoms with Crippen molar-refractivity contribution in [3.63, 3.8) is 0 Å². The molecule has 0 fully saturated rings. The molecule has 8 nitrogen and oxygen atoms in total. The van der Waals surface area contributed by atoms with E-state index < -0.39 is 28.5 Å². The molecule has 3 aromatic carbocycles. The molecule has 12 heteroatoms. The highest BCUT2D eigenvalue weighted by Gasteiger charge is 2.34. The van der Waals surface area contributed by atoms with Crippen LogP contribution in [0.1, 0.15) is 38.3 Å². The van der Waals surface area contributed by atoms with Crippen LogP contribution >= 0.6 is 34.8 Å². The fourth-order valence-corrected chi connectivity index (χ4v) is 6.00. The molecule has 3 aromatic rings. The first-order chi connectivity index (χ1) is 19.8. The van der Waals surface area contributed by atoms with Crippen molar-refractivity contribution in [1.29, 1.82) is 0 Å². The molecule has 42 heavy (non-hydrogen) atoms. The lowest BCUT2D eigenvalue weighted by Crippen LogP contribution is -2.52. The Balaban J connectivity index is 2.11. The second-order valence-corrected chi connectivity index (χ2v) is 13.0. The molecule has 0 aliphatic carbocycles. The van der Waals surface area contributed by atoms with Crippen LogP contribution in [0.2, 0.25) is 15.1 Å². The van der Waals surface area contributed by atoms with Crippen LogP contribution in [0.5, 0.6) is 5.75 Å². The first kappa shape index (κ1) is 33.5. The number of halogens is 3.